The Morgan fingerprint density at radius 2 is 1.61 bits per heavy atom. The van der Waals surface area contributed by atoms with Gasteiger partial charge in [-0.05, 0) is 18.2 Å². The highest BCUT2D eigenvalue weighted by atomic mass is 35.5. The van der Waals surface area contributed by atoms with Crippen molar-refractivity contribution in [2.75, 3.05) is 0 Å². The number of benzene rings is 1. The molecule has 0 N–H and O–H groups in total. The summed E-state index contributed by atoms with van der Waals surface area (Å²) in [5.74, 6) is -1.61. The summed E-state index contributed by atoms with van der Waals surface area (Å²) in [5, 5.41) is -1.85. The first kappa shape index (κ1) is 14.7. The van der Waals surface area contributed by atoms with Crippen LogP contribution in [0.1, 0.15) is 5.56 Å². The number of halogens is 8. The summed E-state index contributed by atoms with van der Waals surface area (Å²) < 4.78 is 85.6. The maximum atomic E-state index is 12.8. The summed E-state index contributed by atoms with van der Waals surface area (Å²) in [6, 6.07) is 1.16. The quantitative estimate of drug-likeness (QED) is 0.527. The molecular formula is C9H3ClF7N. The number of rotatable bonds is 1. The topological polar surface area (TPSA) is 12.4 Å². The first-order chi connectivity index (χ1) is 8.01. The maximum absolute atomic E-state index is 12.8. The molecule has 0 aliphatic carbocycles. The molecule has 0 amide bonds. The van der Waals surface area contributed by atoms with Gasteiger partial charge in [0.25, 0.3) is 0 Å². The summed E-state index contributed by atoms with van der Waals surface area (Å²) in [6.07, 6.45) is -10.0. The molecule has 0 aliphatic heterocycles. The summed E-state index contributed by atoms with van der Waals surface area (Å²) in [7, 11) is 0. The van der Waals surface area contributed by atoms with E-state index in [1.54, 1.807) is 0 Å². The summed E-state index contributed by atoms with van der Waals surface area (Å²) in [5.41, 5.74) is -2.46. The molecular weight excluding hydrogens is 291 g/mol. The van der Waals surface area contributed by atoms with Crippen LogP contribution in [-0.4, -0.2) is 11.3 Å². The molecule has 0 unspecified atom stereocenters. The van der Waals surface area contributed by atoms with Crippen LogP contribution in [0.3, 0.4) is 0 Å². The van der Waals surface area contributed by atoms with E-state index in [0.717, 1.165) is 0 Å². The highest BCUT2D eigenvalue weighted by Crippen LogP contribution is 2.34. The Labute approximate surface area is 101 Å². The molecule has 18 heavy (non-hydrogen) atoms. The lowest BCUT2D eigenvalue weighted by Crippen LogP contribution is -2.16. The van der Waals surface area contributed by atoms with Gasteiger partial charge in [-0.3, -0.25) is 0 Å². The summed E-state index contributed by atoms with van der Waals surface area (Å²) in [4.78, 5) is 2.74. The van der Waals surface area contributed by atoms with Gasteiger partial charge in [0.1, 0.15) is 5.82 Å². The molecule has 1 aromatic carbocycles. The van der Waals surface area contributed by atoms with E-state index in [-0.39, 0.29) is 6.07 Å². The van der Waals surface area contributed by atoms with E-state index in [9.17, 15) is 30.7 Å². The molecule has 0 radical (unpaired) electrons. The molecule has 0 saturated heterocycles. The zero-order chi connectivity index (χ0) is 14.1. The predicted molar refractivity (Wildman–Crippen MR) is 50.4 cm³/mol. The Morgan fingerprint density at radius 1 is 1.06 bits per heavy atom. The lowest BCUT2D eigenvalue weighted by Gasteiger charge is -2.09. The van der Waals surface area contributed by atoms with Crippen molar-refractivity contribution < 1.29 is 30.7 Å². The minimum atomic E-state index is -5.03. The van der Waals surface area contributed by atoms with Crippen molar-refractivity contribution in [1.82, 2.24) is 0 Å². The van der Waals surface area contributed by atoms with Crippen LogP contribution in [0.5, 0.6) is 0 Å². The second-order valence-electron chi connectivity index (χ2n) is 3.06. The molecule has 9 heteroatoms. The van der Waals surface area contributed by atoms with Crippen LogP contribution in [-0.2, 0) is 6.18 Å². The lowest BCUT2D eigenvalue weighted by atomic mass is 10.2. The van der Waals surface area contributed by atoms with Crippen LogP contribution in [0.25, 0.3) is 0 Å². The van der Waals surface area contributed by atoms with E-state index in [1.807, 2.05) is 0 Å². The third-order valence-electron chi connectivity index (χ3n) is 1.72. The number of hydrogen-bond donors (Lipinski definition) is 0. The fraction of sp³-hybridized carbons (Fsp3) is 0.222. The van der Waals surface area contributed by atoms with Crippen molar-refractivity contribution in [2.45, 2.75) is 12.4 Å². The Morgan fingerprint density at radius 3 is 2.06 bits per heavy atom. The maximum Gasteiger partial charge on any atom is 0.444 e. The lowest BCUT2D eigenvalue weighted by molar-refractivity contribution is -0.139. The van der Waals surface area contributed by atoms with Gasteiger partial charge >= 0.3 is 12.4 Å². The number of aliphatic imine (C=N–C) groups is 1. The molecule has 0 bridgehead atoms. The van der Waals surface area contributed by atoms with E-state index in [2.05, 4.69) is 4.99 Å². The Hall–Kier alpha value is -1.31. The molecule has 0 heterocycles. The minimum Gasteiger partial charge on any atom is -0.232 e. The Bertz CT molecular complexity index is 475. The van der Waals surface area contributed by atoms with Gasteiger partial charge in [-0.2, -0.15) is 26.3 Å². The highest BCUT2D eigenvalue weighted by molar-refractivity contribution is 6.67. The van der Waals surface area contributed by atoms with E-state index in [1.165, 1.54) is 0 Å². The largest absolute Gasteiger partial charge is 0.444 e. The molecule has 1 nitrogen and oxygen atoms in total. The zero-order valence-corrected chi connectivity index (χ0v) is 8.96. The minimum absolute atomic E-state index is 0.142. The second-order valence-corrected chi connectivity index (χ2v) is 3.42. The third-order valence-corrected chi connectivity index (χ3v) is 2.02. The summed E-state index contributed by atoms with van der Waals surface area (Å²) in [6.45, 7) is 0. The van der Waals surface area contributed by atoms with Gasteiger partial charge in [0.05, 0.1) is 11.3 Å². The molecule has 0 atom stereocenters. The average molecular weight is 294 g/mol. The predicted octanol–water partition coefficient (Wildman–Crippen LogP) is 4.68. The second kappa shape index (κ2) is 4.75. The third kappa shape index (κ3) is 3.59. The molecule has 0 aliphatic rings. The van der Waals surface area contributed by atoms with Crippen molar-refractivity contribution in [3.8, 4) is 0 Å². The number of hydrogen-bond acceptors (Lipinski definition) is 1. The van der Waals surface area contributed by atoms with Crippen LogP contribution in [0.2, 0.25) is 0 Å². The Balaban J connectivity index is 3.23. The van der Waals surface area contributed by atoms with Gasteiger partial charge in [0.2, 0.25) is 5.17 Å². The zero-order valence-electron chi connectivity index (χ0n) is 8.20. The van der Waals surface area contributed by atoms with Crippen molar-refractivity contribution in [3.63, 3.8) is 0 Å². The number of alkyl halides is 6. The van der Waals surface area contributed by atoms with Gasteiger partial charge in [0, 0.05) is 0 Å². The van der Waals surface area contributed by atoms with Gasteiger partial charge in [-0.25, -0.2) is 9.38 Å². The van der Waals surface area contributed by atoms with E-state index in [4.69, 9.17) is 11.6 Å². The SMILES string of the molecule is Fc1ccc(N=C(Cl)C(F)(F)F)cc1C(F)(F)F. The van der Waals surface area contributed by atoms with Crippen LogP contribution in [0.15, 0.2) is 23.2 Å². The van der Waals surface area contributed by atoms with E-state index in [0.29, 0.717) is 12.1 Å². The molecule has 0 spiro atoms. The van der Waals surface area contributed by atoms with Crippen molar-refractivity contribution in [2.24, 2.45) is 4.99 Å². The molecule has 100 valence electrons. The highest BCUT2D eigenvalue weighted by Gasteiger charge is 2.36. The van der Waals surface area contributed by atoms with E-state index < -0.39 is 34.6 Å². The van der Waals surface area contributed by atoms with Crippen LogP contribution >= 0.6 is 11.6 Å². The van der Waals surface area contributed by atoms with Gasteiger partial charge < -0.3 is 0 Å². The molecule has 0 saturated carbocycles. The smallest absolute Gasteiger partial charge is 0.232 e. The van der Waals surface area contributed by atoms with Crippen LogP contribution in [0, 0.1) is 5.82 Å². The van der Waals surface area contributed by atoms with E-state index >= 15 is 0 Å². The Kier molecular flexibility index (Phi) is 3.89. The van der Waals surface area contributed by atoms with Crippen molar-refractivity contribution in [1.29, 1.82) is 0 Å². The fourth-order valence-corrected chi connectivity index (χ4v) is 1.07. The monoisotopic (exact) mass is 293 g/mol. The van der Waals surface area contributed by atoms with Gasteiger partial charge in [0.15, 0.2) is 0 Å². The summed E-state index contributed by atoms with van der Waals surface area (Å²) >= 11 is 4.75. The van der Waals surface area contributed by atoms with Gasteiger partial charge in [-0.15, -0.1) is 0 Å². The standard InChI is InChI=1S/C9H3ClF7N/c10-7(9(15,16)17)18-4-1-2-6(11)5(3-4)8(12,13)14/h1-3H. The normalized spacial score (nSPS) is 13.9. The fourth-order valence-electron chi connectivity index (χ4n) is 0.977. The van der Waals surface area contributed by atoms with Crippen LogP contribution in [0.4, 0.5) is 36.4 Å². The molecule has 0 fully saturated rings. The van der Waals surface area contributed by atoms with Crippen molar-refractivity contribution in [3.05, 3.63) is 29.6 Å². The van der Waals surface area contributed by atoms with Crippen molar-refractivity contribution >= 4 is 22.5 Å². The van der Waals surface area contributed by atoms with Gasteiger partial charge in [-0.1, -0.05) is 11.6 Å². The first-order valence-corrected chi connectivity index (χ1v) is 4.58. The first-order valence-electron chi connectivity index (χ1n) is 4.20. The molecule has 1 rings (SSSR count). The average Bonchev–Trinajstić information content (AvgIpc) is 2.17. The molecule has 1 aromatic rings. The number of nitrogens with zero attached hydrogens (tertiary/aromatic N) is 1. The molecule has 0 aromatic heterocycles. The van der Waals surface area contributed by atoms with Crippen LogP contribution < -0.4 is 0 Å².